The fourth-order valence-corrected chi connectivity index (χ4v) is 3.55. The molecule has 0 saturated heterocycles. The molecule has 0 N–H and O–H groups in total. The van der Waals surface area contributed by atoms with Gasteiger partial charge in [0, 0.05) is 17.6 Å². The Morgan fingerprint density at radius 3 is 2.64 bits per heavy atom. The van der Waals surface area contributed by atoms with E-state index < -0.39 is 0 Å². The molecule has 1 aliphatic carbocycles. The summed E-state index contributed by atoms with van der Waals surface area (Å²) in [6, 6.07) is 11.5. The van der Waals surface area contributed by atoms with Crippen LogP contribution in [-0.2, 0) is 6.54 Å². The highest BCUT2D eigenvalue weighted by molar-refractivity contribution is 6.30. The molecule has 0 amide bonds. The first-order valence-electron chi connectivity index (χ1n) is 8.41. The zero-order valence-electron chi connectivity index (χ0n) is 13.5. The summed E-state index contributed by atoms with van der Waals surface area (Å²) in [6.07, 6.45) is 3.98. The number of nitrogens with zero attached hydrogens (tertiary/aromatic N) is 1. The molecule has 5 heteroatoms. The molecule has 0 unspecified atom stereocenters. The van der Waals surface area contributed by atoms with E-state index in [0.717, 1.165) is 23.4 Å². The molecule has 2 aromatic carbocycles. The number of hydrogen-bond acceptors (Lipinski definition) is 4. The molecule has 0 atom stereocenters. The Morgan fingerprint density at radius 1 is 1.08 bits per heavy atom. The van der Waals surface area contributed by atoms with Crippen LogP contribution in [0.1, 0.15) is 18.4 Å². The van der Waals surface area contributed by atoms with Gasteiger partial charge in [-0.2, -0.15) is 0 Å². The third kappa shape index (κ3) is 2.53. The lowest BCUT2D eigenvalue weighted by Gasteiger charge is -2.29. The van der Waals surface area contributed by atoms with Crippen LogP contribution in [0.5, 0.6) is 5.75 Å². The Hall–Kier alpha value is -2.30. The summed E-state index contributed by atoms with van der Waals surface area (Å²) in [5, 5.41) is 1.23. The van der Waals surface area contributed by atoms with Crippen molar-refractivity contribution in [3.63, 3.8) is 0 Å². The Labute approximate surface area is 149 Å². The summed E-state index contributed by atoms with van der Waals surface area (Å²) in [6.45, 7) is 1.37. The molecule has 3 aromatic rings. The van der Waals surface area contributed by atoms with E-state index >= 15 is 0 Å². The summed E-state index contributed by atoms with van der Waals surface area (Å²) in [7, 11) is 0. The van der Waals surface area contributed by atoms with Gasteiger partial charge < -0.3 is 9.15 Å². The van der Waals surface area contributed by atoms with Crippen LogP contribution in [0.2, 0.25) is 5.02 Å². The van der Waals surface area contributed by atoms with Crippen molar-refractivity contribution in [2.45, 2.75) is 25.4 Å². The van der Waals surface area contributed by atoms with E-state index in [4.69, 9.17) is 20.8 Å². The predicted octanol–water partition coefficient (Wildman–Crippen LogP) is 4.43. The molecule has 2 aliphatic rings. The fraction of sp³-hybridized carbons (Fsp3) is 0.250. The third-order valence-electron chi connectivity index (χ3n) is 4.97. The zero-order chi connectivity index (χ0) is 17.0. The highest BCUT2D eigenvalue weighted by Crippen LogP contribution is 2.37. The van der Waals surface area contributed by atoms with E-state index in [1.165, 1.54) is 12.8 Å². The van der Waals surface area contributed by atoms with E-state index in [0.29, 0.717) is 34.3 Å². The lowest BCUT2D eigenvalue weighted by atomic mass is 10.0. The van der Waals surface area contributed by atoms with Crippen LogP contribution in [-0.4, -0.2) is 17.7 Å². The predicted molar refractivity (Wildman–Crippen MR) is 97.0 cm³/mol. The summed E-state index contributed by atoms with van der Waals surface area (Å²) in [5.41, 5.74) is 2.91. The summed E-state index contributed by atoms with van der Waals surface area (Å²) in [4.78, 5) is 15.3. The summed E-state index contributed by atoms with van der Waals surface area (Å²) >= 11 is 5.94. The van der Waals surface area contributed by atoms with E-state index in [-0.39, 0.29) is 5.43 Å². The van der Waals surface area contributed by atoms with Crippen LogP contribution in [0.15, 0.2) is 51.9 Å². The van der Waals surface area contributed by atoms with Crippen LogP contribution < -0.4 is 10.2 Å². The van der Waals surface area contributed by atoms with Crippen molar-refractivity contribution in [1.29, 1.82) is 0 Å². The molecule has 1 saturated carbocycles. The van der Waals surface area contributed by atoms with E-state index in [1.807, 2.05) is 18.2 Å². The van der Waals surface area contributed by atoms with Crippen molar-refractivity contribution in [3.05, 3.63) is 63.5 Å². The minimum absolute atomic E-state index is 0.0325. The van der Waals surface area contributed by atoms with Gasteiger partial charge in [-0.15, -0.1) is 0 Å². The maximum absolute atomic E-state index is 13.0. The Kier molecular flexibility index (Phi) is 3.37. The lowest BCUT2D eigenvalue weighted by Crippen LogP contribution is -2.33. The molecule has 1 aromatic heterocycles. The van der Waals surface area contributed by atoms with Gasteiger partial charge in [-0.05, 0) is 42.7 Å². The van der Waals surface area contributed by atoms with Crippen LogP contribution >= 0.6 is 11.6 Å². The normalized spacial score (nSPS) is 17.3. The Balaban J connectivity index is 1.64. The molecule has 126 valence electrons. The molecule has 0 bridgehead atoms. The number of fused-ring (bicyclic) bond motifs is 3. The second-order valence-electron chi connectivity index (χ2n) is 6.66. The summed E-state index contributed by atoms with van der Waals surface area (Å²) in [5.74, 6) is 0.812. The van der Waals surface area contributed by atoms with Gasteiger partial charge in [-0.1, -0.05) is 23.7 Å². The minimum Gasteiger partial charge on any atom is -0.478 e. The maximum Gasteiger partial charge on any atom is 0.200 e. The topological polar surface area (TPSA) is 42.7 Å². The highest BCUT2D eigenvalue weighted by Gasteiger charge is 2.33. The Morgan fingerprint density at radius 2 is 1.88 bits per heavy atom. The first-order chi connectivity index (χ1) is 12.2. The van der Waals surface area contributed by atoms with Crippen molar-refractivity contribution in [1.82, 2.24) is 4.90 Å². The van der Waals surface area contributed by atoms with Gasteiger partial charge in [0.25, 0.3) is 0 Å². The van der Waals surface area contributed by atoms with Crippen molar-refractivity contribution >= 4 is 22.6 Å². The maximum atomic E-state index is 13.0. The Bertz CT molecular complexity index is 1020. The number of benzene rings is 2. The SMILES string of the molecule is O=c1c(-c2ccc(Cl)cc2)coc2c3c(ccc12)OCN(C1CC1)C3. The monoisotopic (exact) mass is 353 g/mol. The fourth-order valence-electron chi connectivity index (χ4n) is 3.43. The molecule has 25 heavy (non-hydrogen) atoms. The average Bonchev–Trinajstić information content (AvgIpc) is 3.47. The van der Waals surface area contributed by atoms with E-state index in [2.05, 4.69) is 4.90 Å². The number of halogens is 1. The number of rotatable bonds is 2. The van der Waals surface area contributed by atoms with Gasteiger partial charge in [0.1, 0.15) is 24.3 Å². The third-order valence-corrected chi connectivity index (χ3v) is 5.22. The van der Waals surface area contributed by atoms with Crippen LogP contribution in [0.4, 0.5) is 0 Å². The molecule has 0 radical (unpaired) electrons. The standard InChI is InChI=1S/C20H16ClNO3/c21-13-3-1-12(2-4-13)17-10-24-20-15(19(17)23)7-8-18-16(20)9-22(11-25-18)14-5-6-14/h1-4,7-8,10,14H,5-6,9,11H2. The smallest absolute Gasteiger partial charge is 0.200 e. The van der Waals surface area contributed by atoms with Crippen LogP contribution in [0.25, 0.3) is 22.1 Å². The molecule has 5 rings (SSSR count). The molecular weight excluding hydrogens is 338 g/mol. The second-order valence-corrected chi connectivity index (χ2v) is 7.09. The largest absolute Gasteiger partial charge is 0.478 e. The van der Waals surface area contributed by atoms with Crippen molar-refractivity contribution in [3.8, 4) is 16.9 Å². The van der Waals surface area contributed by atoms with E-state index in [1.54, 1.807) is 24.5 Å². The van der Waals surface area contributed by atoms with Crippen LogP contribution in [0, 0.1) is 0 Å². The molecular formula is C20H16ClNO3. The molecule has 0 spiro atoms. The van der Waals surface area contributed by atoms with Gasteiger partial charge in [-0.25, -0.2) is 0 Å². The van der Waals surface area contributed by atoms with Gasteiger partial charge in [0.2, 0.25) is 5.43 Å². The van der Waals surface area contributed by atoms with Crippen LogP contribution in [0.3, 0.4) is 0 Å². The lowest BCUT2D eigenvalue weighted by molar-refractivity contribution is 0.0885. The zero-order valence-corrected chi connectivity index (χ0v) is 14.3. The number of hydrogen-bond donors (Lipinski definition) is 0. The van der Waals surface area contributed by atoms with Gasteiger partial charge in [0.15, 0.2) is 0 Å². The average molecular weight is 354 g/mol. The first-order valence-corrected chi connectivity index (χ1v) is 8.79. The molecule has 4 nitrogen and oxygen atoms in total. The summed E-state index contributed by atoms with van der Waals surface area (Å²) < 4.78 is 11.8. The van der Waals surface area contributed by atoms with Crippen molar-refractivity contribution < 1.29 is 9.15 Å². The van der Waals surface area contributed by atoms with Crippen molar-refractivity contribution in [2.75, 3.05) is 6.73 Å². The van der Waals surface area contributed by atoms with E-state index in [9.17, 15) is 4.79 Å². The van der Waals surface area contributed by atoms with Gasteiger partial charge in [-0.3, -0.25) is 9.69 Å². The molecule has 1 aliphatic heterocycles. The van der Waals surface area contributed by atoms with Crippen molar-refractivity contribution in [2.24, 2.45) is 0 Å². The van der Waals surface area contributed by atoms with Gasteiger partial charge in [0.05, 0.1) is 16.5 Å². The highest BCUT2D eigenvalue weighted by atomic mass is 35.5. The second kappa shape index (κ2) is 5.61. The number of ether oxygens (including phenoxy) is 1. The quantitative estimate of drug-likeness (QED) is 0.683. The minimum atomic E-state index is -0.0325. The molecule has 2 heterocycles. The first kappa shape index (κ1) is 15.0. The molecule has 1 fully saturated rings. The van der Waals surface area contributed by atoms with Gasteiger partial charge >= 0.3 is 0 Å².